The largest absolute Gasteiger partial charge is 0.477 e. The van der Waals surface area contributed by atoms with Crippen LogP contribution in [0.5, 0.6) is 0 Å². The molecule has 0 fully saturated rings. The molecule has 0 aliphatic carbocycles. The molecule has 0 unspecified atom stereocenters. The third kappa shape index (κ3) is 2.31. The molecule has 0 aromatic heterocycles. The third-order valence-electron chi connectivity index (χ3n) is 1.87. The third-order valence-corrected chi connectivity index (χ3v) is 1.87. The van der Waals surface area contributed by atoms with Crippen LogP contribution in [0.1, 0.15) is 10.4 Å². The monoisotopic (exact) mass is 253 g/mol. The standard InChI is InChI=1S/C7H3N5O6/c8-10-9-4-1-3(7(13)14)5(11(15)16)2-6(4)12(17)18/h1-2H,(H,13,14). The zero-order valence-corrected chi connectivity index (χ0v) is 8.38. The Hall–Kier alpha value is -3.20. The number of nitro benzene ring substituents is 2. The van der Waals surface area contributed by atoms with E-state index >= 15 is 0 Å². The van der Waals surface area contributed by atoms with E-state index in [-0.39, 0.29) is 0 Å². The maximum Gasteiger partial charge on any atom is 0.342 e. The Bertz CT molecular complexity index is 526. The molecule has 1 aromatic carbocycles. The summed E-state index contributed by atoms with van der Waals surface area (Å²) in [6.07, 6.45) is 0. The lowest BCUT2D eigenvalue weighted by Crippen LogP contribution is -2.03. The van der Waals surface area contributed by atoms with E-state index in [1.807, 2.05) is 0 Å². The molecule has 92 valence electrons. The fourth-order valence-corrected chi connectivity index (χ4v) is 1.16. The fourth-order valence-electron chi connectivity index (χ4n) is 1.16. The lowest BCUT2D eigenvalue weighted by atomic mass is 10.1. The molecule has 0 radical (unpaired) electrons. The van der Waals surface area contributed by atoms with Crippen LogP contribution >= 0.6 is 0 Å². The molecule has 0 aliphatic heterocycles. The number of nitro groups is 2. The van der Waals surface area contributed by atoms with Crippen molar-refractivity contribution in [2.75, 3.05) is 0 Å². The number of nitrogens with zero attached hydrogens (tertiary/aromatic N) is 5. The molecule has 0 aliphatic rings. The summed E-state index contributed by atoms with van der Waals surface area (Å²) in [5.41, 5.74) is 4.99. The van der Waals surface area contributed by atoms with Crippen LogP contribution in [0, 0.1) is 20.2 Å². The second-order valence-electron chi connectivity index (χ2n) is 2.87. The average molecular weight is 253 g/mol. The summed E-state index contributed by atoms with van der Waals surface area (Å²) in [5, 5.41) is 32.8. The van der Waals surface area contributed by atoms with E-state index in [2.05, 4.69) is 10.0 Å². The smallest absolute Gasteiger partial charge is 0.342 e. The number of azide groups is 1. The summed E-state index contributed by atoms with van der Waals surface area (Å²) in [5.74, 6) is -1.66. The Morgan fingerprint density at radius 1 is 1.28 bits per heavy atom. The van der Waals surface area contributed by atoms with Gasteiger partial charge in [-0.05, 0) is 11.6 Å². The Morgan fingerprint density at radius 2 is 1.83 bits per heavy atom. The van der Waals surface area contributed by atoms with E-state index in [1.54, 1.807) is 0 Å². The number of benzene rings is 1. The quantitative estimate of drug-likeness (QED) is 0.282. The van der Waals surface area contributed by atoms with Crippen LogP contribution < -0.4 is 0 Å². The van der Waals surface area contributed by atoms with Gasteiger partial charge in [0.2, 0.25) is 0 Å². The Morgan fingerprint density at radius 3 is 2.22 bits per heavy atom. The van der Waals surface area contributed by atoms with E-state index in [0.29, 0.717) is 12.1 Å². The number of aromatic carboxylic acids is 1. The molecule has 0 heterocycles. The van der Waals surface area contributed by atoms with Gasteiger partial charge in [-0.2, -0.15) is 0 Å². The van der Waals surface area contributed by atoms with Crippen molar-refractivity contribution >= 4 is 23.0 Å². The highest BCUT2D eigenvalue weighted by molar-refractivity contribution is 5.94. The number of carboxylic acid groups (broad SMARTS) is 1. The number of hydrogen-bond acceptors (Lipinski definition) is 6. The minimum atomic E-state index is -1.66. The molecule has 0 saturated heterocycles. The molecule has 0 atom stereocenters. The van der Waals surface area contributed by atoms with Crippen molar-refractivity contribution in [3.63, 3.8) is 0 Å². The highest BCUT2D eigenvalue weighted by atomic mass is 16.6. The molecule has 0 bridgehead atoms. The van der Waals surface area contributed by atoms with Crippen LogP contribution in [0.4, 0.5) is 17.1 Å². The minimum Gasteiger partial charge on any atom is -0.477 e. The predicted octanol–water partition coefficient (Wildman–Crippen LogP) is 2.14. The normalized spacial score (nSPS) is 9.33. The Labute approximate surface area is 97.2 Å². The molecule has 0 amide bonds. The van der Waals surface area contributed by atoms with Crippen molar-refractivity contribution < 1.29 is 19.7 Å². The SMILES string of the molecule is [N-]=[N+]=Nc1cc(C(=O)O)c([N+](=O)[O-])cc1[N+](=O)[O-]. The second-order valence-corrected chi connectivity index (χ2v) is 2.87. The van der Waals surface area contributed by atoms with E-state index in [4.69, 9.17) is 10.6 Å². The zero-order chi connectivity index (χ0) is 13.9. The van der Waals surface area contributed by atoms with Crippen LogP contribution in [0.3, 0.4) is 0 Å². The lowest BCUT2D eigenvalue weighted by Gasteiger charge is -2.00. The van der Waals surface area contributed by atoms with Crippen LogP contribution in [0.2, 0.25) is 0 Å². The van der Waals surface area contributed by atoms with Crippen LogP contribution in [-0.2, 0) is 0 Å². The van der Waals surface area contributed by atoms with E-state index < -0.39 is 38.4 Å². The maximum atomic E-state index is 10.8. The average Bonchev–Trinajstić information content (AvgIpc) is 2.28. The van der Waals surface area contributed by atoms with Gasteiger partial charge in [0, 0.05) is 4.91 Å². The second kappa shape index (κ2) is 4.76. The van der Waals surface area contributed by atoms with Crippen LogP contribution in [-0.4, -0.2) is 20.9 Å². The van der Waals surface area contributed by atoms with Crippen molar-refractivity contribution in [1.29, 1.82) is 0 Å². The summed E-state index contributed by atoms with van der Waals surface area (Å²) in [7, 11) is 0. The minimum absolute atomic E-state index is 0.438. The van der Waals surface area contributed by atoms with E-state index in [0.717, 1.165) is 0 Å². The van der Waals surface area contributed by atoms with E-state index in [1.165, 1.54) is 0 Å². The first-order valence-corrected chi connectivity index (χ1v) is 4.13. The van der Waals surface area contributed by atoms with E-state index in [9.17, 15) is 25.0 Å². The fraction of sp³-hybridized carbons (Fsp3) is 0. The van der Waals surface area contributed by atoms with Gasteiger partial charge in [0.05, 0.1) is 15.9 Å². The van der Waals surface area contributed by atoms with Crippen molar-refractivity contribution in [3.05, 3.63) is 48.4 Å². The molecule has 18 heavy (non-hydrogen) atoms. The first-order valence-electron chi connectivity index (χ1n) is 4.13. The molecular formula is C7H3N5O6. The Balaban J connectivity index is 3.70. The van der Waals surface area contributed by atoms with Crippen molar-refractivity contribution in [3.8, 4) is 0 Å². The number of rotatable bonds is 4. The highest BCUT2D eigenvalue weighted by Crippen LogP contribution is 2.34. The van der Waals surface area contributed by atoms with Gasteiger partial charge in [-0.3, -0.25) is 20.2 Å². The lowest BCUT2D eigenvalue weighted by molar-refractivity contribution is -0.393. The first kappa shape index (κ1) is 12.9. The highest BCUT2D eigenvalue weighted by Gasteiger charge is 2.27. The van der Waals surface area contributed by atoms with Crippen molar-refractivity contribution in [1.82, 2.24) is 0 Å². The van der Waals surface area contributed by atoms with Gasteiger partial charge < -0.3 is 5.11 Å². The Kier molecular flexibility index (Phi) is 3.40. The molecule has 11 heteroatoms. The van der Waals surface area contributed by atoms with Crippen LogP contribution in [0.15, 0.2) is 17.2 Å². The summed E-state index contributed by atoms with van der Waals surface area (Å²) in [4.78, 5) is 32.1. The number of hydrogen-bond donors (Lipinski definition) is 1. The molecule has 0 saturated carbocycles. The van der Waals surface area contributed by atoms with Gasteiger partial charge >= 0.3 is 5.97 Å². The van der Waals surface area contributed by atoms with Gasteiger partial charge in [0.15, 0.2) is 0 Å². The number of carboxylic acids is 1. The summed E-state index contributed by atoms with van der Waals surface area (Å²) in [6.45, 7) is 0. The van der Waals surface area contributed by atoms with Gasteiger partial charge in [-0.25, -0.2) is 4.79 Å². The number of carbonyl (C=O) groups is 1. The molecule has 1 N–H and O–H groups in total. The van der Waals surface area contributed by atoms with Gasteiger partial charge in [0.1, 0.15) is 11.3 Å². The summed E-state index contributed by atoms with van der Waals surface area (Å²) in [6, 6.07) is 1.02. The molecule has 0 spiro atoms. The van der Waals surface area contributed by atoms with Crippen molar-refractivity contribution in [2.45, 2.75) is 0 Å². The molecular weight excluding hydrogens is 250 g/mol. The first-order chi connectivity index (χ1) is 8.38. The van der Waals surface area contributed by atoms with Crippen molar-refractivity contribution in [2.24, 2.45) is 5.11 Å². The molecule has 1 aromatic rings. The van der Waals surface area contributed by atoms with Gasteiger partial charge in [0.25, 0.3) is 11.4 Å². The summed E-state index contributed by atoms with van der Waals surface area (Å²) >= 11 is 0. The topological polar surface area (TPSA) is 172 Å². The van der Waals surface area contributed by atoms with Gasteiger partial charge in [-0.15, -0.1) is 0 Å². The van der Waals surface area contributed by atoms with Gasteiger partial charge in [-0.1, -0.05) is 5.11 Å². The molecule has 1 rings (SSSR count). The molecule has 11 nitrogen and oxygen atoms in total. The van der Waals surface area contributed by atoms with Crippen LogP contribution in [0.25, 0.3) is 10.4 Å². The summed E-state index contributed by atoms with van der Waals surface area (Å²) < 4.78 is 0. The predicted molar refractivity (Wildman–Crippen MR) is 55.5 cm³/mol. The maximum absolute atomic E-state index is 10.8. The zero-order valence-electron chi connectivity index (χ0n) is 8.38.